The maximum atomic E-state index is 4.47. The minimum absolute atomic E-state index is 0.574. The van der Waals surface area contributed by atoms with Crippen LogP contribution in [0.15, 0.2) is 36.5 Å². The molecule has 4 heteroatoms. The third-order valence-electron chi connectivity index (χ3n) is 3.52. The highest BCUT2D eigenvalue weighted by molar-refractivity contribution is 5.54. The van der Waals surface area contributed by atoms with Crippen LogP contribution in [0.2, 0.25) is 0 Å². The summed E-state index contributed by atoms with van der Waals surface area (Å²) in [5.74, 6) is 0.957. The highest BCUT2D eigenvalue weighted by atomic mass is 15.2. The van der Waals surface area contributed by atoms with Crippen LogP contribution < -0.4 is 5.32 Å². The van der Waals surface area contributed by atoms with Gasteiger partial charge in [-0.25, -0.2) is 4.98 Å². The number of H-pyrrole nitrogens is 1. The first-order valence-corrected chi connectivity index (χ1v) is 6.86. The first-order valence-electron chi connectivity index (χ1n) is 6.86. The largest absolute Gasteiger partial charge is 0.341 e. The van der Waals surface area contributed by atoms with Gasteiger partial charge >= 0.3 is 0 Å². The van der Waals surface area contributed by atoms with Gasteiger partial charge in [0.25, 0.3) is 0 Å². The second kappa shape index (κ2) is 5.55. The predicted molar refractivity (Wildman–Crippen MR) is 76.8 cm³/mol. The molecule has 1 aromatic heterocycles. The molecule has 0 amide bonds. The van der Waals surface area contributed by atoms with Crippen molar-refractivity contribution in [2.45, 2.75) is 19.5 Å². The number of piperazine rings is 1. The van der Waals surface area contributed by atoms with Crippen molar-refractivity contribution < 1.29 is 0 Å². The highest BCUT2D eigenvalue weighted by Gasteiger charge is 2.16. The van der Waals surface area contributed by atoms with Crippen LogP contribution in [0.4, 0.5) is 0 Å². The molecule has 0 spiro atoms. The Bertz CT molecular complexity index is 520. The number of imidazole rings is 1. The minimum Gasteiger partial charge on any atom is -0.341 e. The fourth-order valence-electron chi connectivity index (χ4n) is 2.58. The molecule has 0 saturated carbocycles. The lowest BCUT2D eigenvalue weighted by molar-refractivity contribution is 0.198. The lowest BCUT2D eigenvalue weighted by atomic mass is 10.2. The minimum atomic E-state index is 0.574. The molecule has 2 heterocycles. The van der Waals surface area contributed by atoms with Gasteiger partial charge in [-0.05, 0) is 6.92 Å². The topological polar surface area (TPSA) is 44.0 Å². The Balaban J connectivity index is 1.68. The molecular formula is C15H20N4. The van der Waals surface area contributed by atoms with E-state index in [-0.39, 0.29) is 0 Å². The van der Waals surface area contributed by atoms with E-state index in [1.165, 1.54) is 5.69 Å². The van der Waals surface area contributed by atoms with Crippen LogP contribution in [-0.2, 0) is 6.54 Å². The molecule has 19 heavy (non-hydrogen) atoms. The fourth-order valence-corrected chi connectivity index (χ4v) is 2.58. The van der Waals surface area contributed by atoms with E-state index in [4.69, 9.17) is 0 Å². The zero-order chi connectivity index (χ0) is 13.1. The molecule has 1 aromatic carbocycles. The third-order valence-corrected chi connectivity index (χ3v) is 3.52. The van der Waals surface area contributed by atoms with E-state index < -0.39 is 0 Å². The second-order valence-corrected chi connectivity index (χ2v) is 5.21. The zero-order valence-electron chi connectivity index (χ0n) is 11.3. The molecule has 2 N–H and O–H groups in total. The zero-order valence-corrected chi connectivity index (χ0v) is 11.3. The summed E-state index contributed by atoms with van der Waals surface area (Å²) in [6, 6.07) is 10.8. The van der Waals surface area contributed by atoms with E-state index >= 15 is 0 Å². The molecule has 100 valence electrons. The van der Waals surface area contributed by atoms with Gasteiger partial charge in [0.15, 0.2) is 0 Å². The molecule has 0 bridgehead atoms. The van der Waals surface area contributed by atoms with Crippen LogP contribution >= 0.6 is 0 Å². The van der Waals surface area contributed by atoms with Gasteiger partial charge in [-0.15, -0.1) is 0 Å². The number of nitrogens with one attached hydrogen (secondary N) is 2. The maximum Gasteiger partial charge on any atom is 0.137 e. The van der Waals surface area contributed by atoms with Crippen LogP contribution in [0.5, 0.6) is 0 Å². The number of nitrogens with zero attached hydrogens (tertiary/aromatic N) is 2. The molecule has 1 atom stereocenters. The van der Waals surface area contributed by atoms with Gasteiger partial charge in [0, 0.05) is 49.7 Å². The average Bonchev–Trinajstić information content (AvgIpc) is 2.88. The van der Waals surface area contributed by atoms with Crippen molar-refractivity contribution in [3.8, 4) is 11.4 Å². The van der Waals surface area contributed by atoms with Crippen molar-refractivity contribution in [2.24, 2.45) is 0 Å². The molecule has 0 unspecified atom stereocenters. The predicted octanol–water partition coefficient (Wildman–Crippen LogP) is 1.87. The summed E-state index contributed by atoms with van der Waals surface area (Å²) in [7, 11) is 0. The number of hydrogen-bond acceptors (Lipinski definition) is 3. The van der Waals surface area contributed by atoms with Gasteiger partial charge in [0.05, 0.1) is 0 Å². The Morgan fingerprint density at radius 3 is 2.95 bits per heavy atom. The van der Waals surface area contributed by atoms with Gasteiger partial charge in [-0.3, -0.25) is 4.90 Å². The Morgan fingerprint density at radius 2 is 2.16 bits per heavy atom. The van der Waals surface area contributed by atoms with Crippen molar-refractivity contribution >= 4 is 0 Å². The lowest BCUT2D eigenvalue weighted by Crippen LogP contribution is -2.48. The Kier molecular flexibility index (Phi) is 3.62. The summed E-state index contributed by atoms with van der Waals surface area (Å²) in [4.78, 5) is 10.4. The van der Waals surface area contributed by atoms with Gasteiger partial charge in [0.1, 0.15) is 5.82 Å². The monoisotopic (exact) mass is 256 g/mol. The highest BCUT2D eigenvalue weighted by Crippen LogP contribution is 2.15. The molecule has 3 rings (SSSR count). The first-order chi connectivity index (χ1) is 9.31. The number of aromatic nitrogens is 2. The summed E-state index contributed by atoms with van der Waals surface area (Å²) in [5.41, 5.74) is 2.33. The summed E-state index contributed by atoms with van der Waals surface area (Å²) in [6.45, 7) is 6.45. The number of rotatable bonds is 3. The summed E-state index contributed by atoms with van der Waals surface area (Å²) < 4.78 is 0. The molecule has 0 aliphatic carbocycles. The van der Waals surface area contributed by atoms with Crippen molar-refractivity contribution in [1.82, 2.24) is 20.2 Å². The van der Waals surface area contributed by atoms with Gasteiger partial charge in [-0.1, -0.05) is 30.3 Å². The molecule has 1 aliphatic heterocycles. The fraction of sp³-hybridized carbons (Fsp3) is 0.400. The maximum absolute atomic E-state index is 4.47. The Morgan fingerprint density at radius 1 is 1.32 bits per heavy atom. The molecule has 1 fully saturated rings. The molecule has 1 saturated heterocycles. The third kappa shape index (κ3) is 3.03. The Labute approximate surface area is 113 Å². The van der Waals surface area contributed by atoms with Crippen molar-refractivity contribution in [2.75, 3.05) is 19.6 Å². The average molecular weight is 256 g/mol. The molecule has 1 aliphatic rings. The van der Waals surface area contributed by atoms with Crippen LogP contribution in [0, 0.1) is 0 Å². The summed E-state index contributed by atoms with van der Waals surface area (Å²) in [6.07, 6.45) is 1.95. The van der Waals surface area contributed by atoms with Crippen molar-refractivity contribution in [1.29, 1.82) is 0 Å². The van der Waals surface area contributed by atoms with Crippen molar-refractivity contribution in [3.63, 3.8) is 0 Å². The molecule has 2 aromatic rings. The van der Waals surface area contributed by atoms with E-state index in [0.717, 1.165) is 37.6 Å². The van der Waals surface area contributed by atoms with Gasteiger partial charge in [-0.2, -0.15) is 0 Å². The Hall–Kier alpha value is -1.65. The second-order valence-electron chi connectivity index (χ2n) is 5.21. The van der Waals surface area contributed by atoms with E-state index in [0.29, 0.717) is 6.04 Å². The number of aromatic amines is 1. The normalized spacial score (nSPS) is 20.6. The molecule has 0 radical (unpaired) electrons. The van der Waals surface area contributed by atoms with E-state index in [9.17, 15) is 0 Å². The number of benzene rings is 1. The number of hydrogen-bond donors (Lipinski definition) is 2. The SMILES string of the molecule is C[C@H]1CN(Cc2cnc(-c3ccccc3)[nH]2)CCN1. The van der Waals surface area contributed by atoms with Crippen molar-refractivity contribution in [3.05, 3.63) is 42.2 Å². The van der Waals surface area contributed by atoms with Crippen LogP contribution in [0.25, 0.3) is 11.4 Å². The summed E-state index contributed by atoms with van der Waals surface area (Å²) in [5, 5.41) is 3.46. The molecular weight excluding hydrogens is 236 g/mol. The van der Waals surface area contributed by atoms with E-state index in [1.54, 1.807) is 0 Å². The smallest absolute Gasteiger partial charge is 0.137 e. The van der Waals surface area contributed by atoms with Gasteiger partial charge < -0.3 is 10.3 Å². The van der Waals surface area contributed by atoms with Crippen LogP contribution in [-0.4, -0.2) is 40.5 Å². The van der Waals surface area contributed by atoms with Crippen LogP contribution in [0.1, 0.15) is 12.6 Å². The standard InChI is InChI=1S/C15H20N4/c1-12-10-19(8-7-16-12)11-14-9-17-15(18-14)13-5-3-2-4-6-13/h2-6,9,12,16H,7-8,10-11H2,1H3,(H,17,18)/t12-/m0/s1. The van der Waals surface area contributed by atoms with E-state index in [1.807, 2.05) is 24.4 Å². The lowest BCUT2D eigenvalue weighted by Gasteiger charge is -2.31. The van der Waals surface area contributed by atoms with Gasteiger partial charge in [0.2, 0.25) is 0 Å². The quantitative estimate of drug-likeness (QED) is 0.881. The first kappa shape index (κ1) is 12.4. The molecule has 4 nitrogen and oxygen atoms in total. The van der Waals surface area contributed by atoms with Crippen LogP contribution in [0.3, 0.4) is 0 Å². The van der Waals surface area contributed by atoms with E-state index in [2.05, 4.69) is 39.2 Å². The summed E-state index contributed by atoms with van der Waals surface area (Å²) >= 11 is 0.